The molecule has 120 valence electrons. The zero-order valence-corrected chi connectivity index (χ0v) is 12.8. The van der Waals surface area contributed by atoms with Gasteiger partial charge < -0.3 is 9.47 Å². The quantitative estimate of drug-likeness (QED) is 0.696. The van der Waals surface area contributed by atoms with Crippen molar-refractivity contribution in [3.8, 4) is 0 Å². The van der Waals surface area contributed by atoms with Gasteiger partial charge in [-0.15, -0.1) is 0 Å². The van der Waals surface area contributed by atoms with E-state index >= 15 is 0 Å². The third kappa shape index (κ3) is 3.59. The summed E-state index contributed by atoms with van der Waals surface area (Å²) in [5, 5.41) is 9.78. The molecule has 0 radical (unpaired) electrons. The lowest BCUT2D eigenvalue weighted by molar-refractivity contribution is -0.168. The predicted molar refractivity (Wildman–Crippen MR) is 83.5 cm³/mol. The van der Waals surface area contributed by atoms with Gasteiger partial charge in [-0.1, -0.05) is 60.7 Å². The molecular weight excluding hydrogens is 294 g/mol. The minimum absolute atomic E-state index is 0.0281. The molecule has 0 saturated carbocycles. The minimum atomic E-state index is -0.687. The van der Waals surface area contributed by atoms with Crippen LogP contribution in [0.25, 0.3) is 0 Å². The van der Waals surface area contributed by atoms with Gasteiger partial charge in [0.25, 0.3) is 5.91 Å². The summed E-state index contributed by atoms with van der Waals surface area (Å²) in [5.41, 5.74) is 1.99. The number of hydrogen-bond acceptors (Lipinski definition) is 4. The number of amides is 1. The van der Waals surface area contributed by atoms with E-state index in [9.17, 15) is 10.0 Å². The van der Waals surface area contributed by atoms with Crippen LogP contribution in [-0.2, 0) is 14.3 Å². The predicted octanol–water partition coefficient (Wildman–Crippen LogP) is 3.08. The van der Waals surface area contributed by atoms with Crippen LogP contribution >= 0.6 is 0 Å². The Morgan fingerprint density at radius 3 is 1.78 bits per heavy atom. The molecule has 5 heteroatoms. The molecule has 2 atom stereocenters. The van der Waals surface area contributed by atoms with E-state index < -0.39 is 12.2 Å². The molecule has 0 aliphatic carbocycles. The largest absolute Gasteiger partial charge is 0.341 e. The van der Waals surface area contributed by atoms with E-state index in [2.05, 4.69) is 0 Å². The second kappa shape index (κ2) is 6.91. The highest BCUT2D eigenvalue weighted by molar-refractivity contribution is 5.74. The highest BCUT2D eigenvalue weighted by Gasteiger charge is 2.39. The molecule has 1 aliphatic rings. The zero-order valence-electron chi connectivity index (χ0n) is 12.8. The van der Waals surface area contributed by atoms with Gasteiger partial charge in [-0.25, -0.2) is 5.06 Å². The van der Waals surface area contributed by atoms with Crippen LogP contribution < -0.4 is 0 Å². The lowest BCUT2D eigenvalue weighted by atomic mass is 9.99. The molecule has 1 fully saturated rings. The molecule has 0 aromatic heterocycles. The Morgan fingerprint density at radius 2 is 1.39 bits per heavy atom. The average Bonchev–Trinajstić information content (AvgIpc) is 3.00. The average molecular weight is 313 g/mol. The molecule has 23 heavy (non-hydrogen) atoms. The summed E-state index contributed by atoms with van der Waals surface area (Å²) in [5.74, 6) is -0.449. The van der Waals surface area contributed by atoms with Crippen LogP contribution in [0.5, 0.6) is 0 Å². The Labute approximate surface area is 135 Å². The molecule has 1 aliphatic heterocycles. The molecule has 2 aromatic rings. The Morgan fingerprint density at radius 1 is 0.957 bits per heavy atom. The summed E-state index contributed by atoms with van der Waals surface area (Å²) in [6, 6.07) is 19.6. The van der Waals surface area contributed by atoms with Crippen LogP contribution in [0.1, 0.15) is 29.8 Å². The summed E-state index contributed by atoms with van der Waals surface area (Å²) < 4.78 is 11.9. The molecule has 0 bridgehead atoms. The van der Waals surface area contributed by atoms with Crippen molar-refractivity contribution in [3.05, 3.63) is 71.8 Å². The molecule has 0 spiro atoms. The second-order valence-electron chi connectivity index (χ2n) is 5.49. The van der Waals surface area contributed by atoms with Crippen molar-refractivity contribution in [1.82, 2.24) is 5.06 Å². The highest BCUT2D eigenvalue weighted by Crippen LogP contribution is 2.43. The maximum Gasteiger partial charge on any atom is 0.250 e. The summed E-state index contributed by atoms with van der Waals surface area (Å²) in [6.45, 7) is 0. The summed E-state index contributed by atoms with van der Waals surface area (Å²) in [7, 11) is 1.29. The van der Waals surface area contributed by atoms with Crippen molar-refractivity contribution in [2.75, 3.05) is 7.05 Å². The van der Waals surface area contributed by atoms with Crippen molar-refractivity contribution in [2.45, 2.75) is 24.9 Å². The zero-order chi connectivity index (χ0) is 16.2. The van der Waals surface area contributed by atoms with Gasteiger partial charge in [-0.05, 0) is 11.1 Å². The molecule has 2 aromatic carbocycles. The van der Waals surface area contributed by atoms with E-state index in [0.29, 0.717) is 5.06 Å². The van der Waals surface area contributed by atoms with Crippen LogP contribution in [-0.4, -0.2) is 29.5 Å². The van der Waals surface area contributed by atoms with Crippen molar-refractivity contribution in [2.24, 2.45) is 0 Å². The van der Waals surface area contributed by atoms with Crippen molar-refractivity contribution < 1.29 is 19.5 Å². The van der Waals surface area contributed by atoms with Crippen LogP contribution in [0.15, 0.2) is 60.7 Å². The van der Waals surface area contributed by atoms with E-state index in [1.807, 2.05) is 60.7 Å². The first-order chi connectivity index (χ1) is 11.1. The highest BCUT2D eigenvalue weighted by atomic mass is 16.7. The van der Waals surface area contributed by atoms with E-state index in [1.165, 1.54) is 7.05 Å². The fourth-order valence-corrected chi connectivity index (χ4v) is 2.66. The van der Waals surface area contributed by atoms with Crippen LogP contribution in [0.3, 0.4) is 0 Å². The third-order valence-electron chi connectivity index (χ3n) is 3.83. The SMILES string of the molecule is CN(O)C(=O)CC1OC(c2ccccc2)C(c2ccccc2)O1. The fourth-order valence-electron chi connectivity index (χ4n) is 2.66. The van der Waals surface area contributed by atoms with Crippen molar-refractivity contribution in [3.63, 3.8) is 0 Å². The number of carbonyl (C=O) groups excluding carboxylic acids is 1. The molecule has 5 nitrogen and oxygen atoms in total. The number of rotatable bonds is 4. The number of benzene rings is 2. The molecule has 1 N–H and O–H groups in total. The van der Waals surface area contributed by atoms with Gasteiger partial charge >= 0.3 is 0 Å². The van der Waals surface area contributed by atoms with Gasteiger partial charge in [-0.3, -0.25) is 10.0 Å². The molecule has 1 amide bonds. The number of nitrogens with zero attached hydrogens (tertiary/aromatic N) is 1. The minimum Gasteiger partial charge on any atom is -0.341 e. The molecule has 1 heterocycles. The fraction of sp³-hybridized carbons (Fsp3) is 0.278. The summed E-state index contributed by atoms with van der Waals surface area (Å²) in [6.07, 6.45) is -1.30. The van der Waals surface area contributed by atoms with E-state index in [4.69, 9.17) is 9.47 Å². The normalized spacial score (nSPS) is 23.7. The number of ether oxygens (including phenoxy) is 2. The van der Waals surface area contributed by atoms with Crippen molar-refractivity contribution in [1.29, 1.82) is 0 Å². The first-order valence-corrected chi connectivity index (χ1v) is 7.51. The lowest BCUT2D eigenvalue weighted by Gasteiger charge is -2.17. The third-order valence-corrected chi connectivity index (χ3v) is 3.83. The first-order valence-electron chi connectivity index (χ1n) is 7.51. The smallest absolute Gasteiger partial charge is 0.250 e. The number of hydroxylamine groups is 2. The first kappa shape index (κ1) is 15.7. The Hall–Kier alpha value is -2.21. The monoisotopic (exact) mass is 313 g/mol. The maximum atomic E-state index is 11.7. The topological polar surface area (TPSA) is 59.0 Å². The van der Waals surface area contributed by atoms with Crippen LogP contribution in [0.4, 0.5) is 0 Å². The van der Waals surface area contributed by atoms with Crippen LogP contribution in [0.2, 0.25) is 0 Å². The van der Waals surface area contributed by atoms with E-state index in [-0.39, 0.29) is 18.6 Å². The van der Waals surface area contributed by atoms with E-state index in [0.717, 1.165) is 11.1 Å². The maximum absolute atomic E-state index is 11.7. The molecular formula is C18H19NO4. The van der Waals surface area contributed by atoms with Gasteiger partial charge in [0.05, 0.1) is 6.42 Å². The lowest BCUT2D eigenvalue weighted by Crippen LogP contribution is -2.27. The number of hydrogen-bond donors (Lipinski definition) is 1. The standard InChI is InChI=1S/C18H19NO4/c1-19(21)15(20)12-16-22-17(13-8-4-2-5-9-13)18(23-16)14-10-6-3-7-11-14/h2-11,16-18,21H,12H2,1H3. The van der Waals surface area contributed by atoms with Gasteiger partial charge in [0.15, 0.2) is 6.29 Å². The Kier molecular flexibility index (Phi) is 4.71. The Bertz CT molecular complexity index is 597. The Balaban J connectivity index is 1.84. The van der Waals surface area contributed by atoms with Crippen LogP contribution in [0, 0.1) is 0 Å². The van der Waals surface area contributed by atoms with E-state index in [1.54, 1.807) is 0 Å². The van der Waals surface area contributed by atoms with Gasteiger partial charge in [0.2, 0.25) is 0 Å². The van der Waals surface area contributed by atoms with Gasteiger partial charge in [0, 0.05) is 7.05 Å². The number of carbonyl (C=O) groups is 1. The molecule has 2 unspecified atom stereocenters. The molecule has 1 saturated heterocycles. The second-order valence-corrected chi connectivity index (χ2v) is 5.49. The van der Waals surface area contributed by atoms with Gasteiger partial charge in [-0.2, -0.15) is 0 Å². The van der Waals surface area contributed by atoms with Crippen molar-refractivity contribution >= 4 is 5.91 Å². The summed E-state index contributed by atoms with van der Waals surface area (Å²) in [4.78, 5) is 11.7. The van der Waals surface area contributed by atoms with Gasteiger partial charge in [0.1, 0.15) is 12.2 Å². The molecule has 3 rings (SSSR count). The summed E-state index contributed by atoms with van der Waals surface area (Å²) >= 11 is 0.